The molecular formula is C27H21F2N7O2. The van der Waals surface area contributed by atoms with Crippen molar-refractivity contribution in [1.29, 1.82) is 0 Å². The van der Waals surface area contributed by atoms with Crippen LogP contribution < -0.4 is 5.32 Å². The molecule has 1 aliphatic heterocycles. The largest absolute Gasteiger partial charge is 0.375 e. The molecule has 0 aliphatic carbocycles. The van der Waals surface area contributed by atoms with Crippen molar-refractivity contribution in [3.8, 4) is 11.5 Å². The Morgan fingerprint density at radius 2 is 1.84 bits per heavy atom. The lowest BCUT2D eigenvalue weighted by Gasteiger charge is -2.20. The highest BCUT2D eigenvalue weighted by Gasteiger charge is 2.46. The number of anilines is 1. The maximum absolute atomic E-state index is 14.3. The summed E-state index contributed by atoms with van der Waals surface area (Å²) in [6.07, 6.45) is 1.06. The van der Waals surface area contributed by atoms with Gasteiger partial charge in [0.15, 0.2) is 11.5 Å². The molecule has 11 heteroatoms. The lowest BCUT2D eigenvalue weighted by atomic mass is 9.89. The lowest BCUT2D eigenvalue weighted by molar-refractivity contribution is -0.122. The zero-order chi connectivity index (χ0) is 26.3. The minimum atomic E-state index is -1.09. The van der Waals surface area contributed by atoms with E-state index < -0.39 is 17.0 Å². The minimum absolute atomic E-state index is 0.0632. The van der Waals surface area contributed by atoms with Crippen LogP contribution in [0.25, 0.3) is 22.6 Å². The van der Waals surface area contributed by atoms with E-state index in [0.717, 1.165) is 11.8 Å². The Morgan fingerprint density at radius 1 is 1.05 bits per heavy atom. The smallest absolute Gasteiger partial charge is 0.240 e. The van der Waals surface area contributed by atoms with Crippen molar-refractivity contribution < 1.29 is 18.3 Å². The van der Waals surface area contributed by atoms with E-state index in [0.29, 0.717) is 28.9 Å². The predicted molar refractivity (Wildman–Crippen MR) is 134 cm³/mol. The first-order valence-corrected chi connectivity index (χ1v) is 11.9. The highest BCUT2D eigenvalue weighted by atomic mass is 19.1. The molecule has 0 radical (unpaired) electrons. The Bertz CT molecular complexity index is 1680. The van der Waals surface area contributed by atoms with Crippen LogP contribution in [0.3, 0.4) is 0 Å². The molecule has 38 heavy (non-hydrogen) atoms. The van der Waals surface area contributed by atoms with Gasteiger partial charge in [0.1, 0.15) is 28.4 Å². The van der Waals surface area contributed by atoms with Crippen molar-refractivity contribution in [3.05, 3.63) is 95.3 Å². The zero-order valence-electron chi connectivity index (χ0n) is 20.2. The first kappa shape index (κ1) is 23.7. The van der Waals surface area contributed by atoms with Gasteiger partial charge in [-0.3, -0.25) is 4.79 Å². The SMILES string of the molecule is CC1(COCc2ccccc2)C(=O)Nc2nc(-c3nn(Cc4ccccc4F)c4ncc(F)cc34)nnc21. The number of pyridine rings is 1. The van der Waals surface area contributed by atoms with Gasteiger partial charge >= 0.3 is 0 Å². The van der Waals surface area contributed by atoms with E-state index in [1.165, 1.54) is 16.8 Å². The number of ether oxygens (including phenoxy) is 1. The number of rotatable bonds is 7. The monoisotopic (exact) mass is 513 g/mol. The number of amides is 1. The second-order valence-electron chi connectivity index (χ2n) is 9.22. The first-order chi connectivity index (χ1) is 18.4. The third-order valence-corrected chi connectivity index (χ3v) is 6.49. The van der Waals surface area contributed by atoms with Crippen LogP contribution in [0.2, 0.25) is 0 Å². The second kappa shape index (κ2) is 9.34. The zero-order valence-corrected chi connectivity index (χ0v) is 20.2. The molecule has 0 spiro atoms. The van der Waals surface area contributed by atoms with Gasteiger partial charge in [0.2, 0.25) is 11.7 Å². The number of aromatic nitrogens is 6. The normalized spacial score (nSPS) is 16.6. The van der Waals surface area contributed by atoms with Crippen molar-refractivity contribution in [2.45, 2.75) is 25.5 Å². The summed E-state index contributed by atoms with van der Waals surface area (Å²) < 4.78 is 35.8. The molecule has 2 aromatic carbocycles. The Hall–Kier alpha value is -4.64. The molecule has 190 valence electrons. The minimum Gasteiger partial charge on any atom is -0.375 e. The van der Waals surface area contributed by atoms with E-state index in [1.54, 1.807) is 25.1 Å². The maximum atomic E-state index is 14.3. The van der Waals surface area contributed by atoms with Crippen LogP contribution in [0.1, 0.15) is 23.7 Å². The number of carbonyl (C=O) groups is 1. The maximum Gasteiger partial charge on any atom is 0.240 e. The van der Waals surface area contributed by atoms with Crippen LogP contribution in [-0.4, -0.2) is 42.5 Å². The fraction of sp³-hybridized carbons (Fsp3) is 0.185. The van der Waals surface area contributed by atoms with E-state index in [9.17, 15) is 13.6 Å². The number of benzene rings is 2. The number of nitrogens with one attached hydrogen (secondary N) is 1. The fourth-order valence-corrected chi connectivity index (χ4v) is 4.42. The third-order valence-electron chi connectivity index (χ3n) is 6.49. The number of halogens is 2. The number of hydrogen-bond donors (Lipinski definition) is 1. The molecule has 1 atom stereocenters. The van der Waals surface area contributed by atoms with Gasteiger partial charge in [-0.25, -0.2) is 23.4 Å². The molecular weight excluding hydrogens is 492 g/mol. The first-order valence-electron chi connectivity index (χ1n) is 11.9. The Balaban J connectivity index is 1.33. The van der Waals surface area contributed by atoms with Crippen LogP contribution in [0.5, 0.6) is 0 Å². The Morgan fingerprint density at radius 3 is 2.66 bits per heavy atom. The summed E-state index contributed by atoms with van der Waals surface area (Å²) in [4.78, 5) is 21.6. The van der Waals surface area contributed by atoms with Crippen LogP contribution in [0.15, 0.2) is 66.9 Å². The van der Waals surface area contributed by atoms with Gasteiger partial charge in [-0.1, -0.05) is 48.5 Å². The number of fused-ring (bicyclic) bond motifs is 2. The summed E-state index contributed by atoms with van der Waals surface area (Å²) in [6, 6.07) is 17.2. The van der Waals surface area contributed by atoms with Crippen LogP contribution in [0, 0.1) is 11.6 Å². The molecule has 4 heterocycles. The van der Waals surface area contributed by atoms with Crippen LogP contribution in [-0.2, 0) is 28.1 Å². The molecule has 1 aliphatic rings. The van der Waals surface area contributed by atoms with Gasteiger partial charge in [-0.2, -0.15) is 5.10 Å². The standard InChI is InChI=1S/C27H21F2N7O2/c1-27(15-38-14-16-7-3-2-4-8-16)22-24(32-26(27)37)31-23(34-33-22)21-19-11-18(28)12-30-25(19)36(35-21)13-17-9-5-6-10-20(17)29/h2-12H,13-15H2,1H3,(H,31,32,34,37). The summed E-state index contributed by atoms with van der Waals surface area (Å²) in [7, 11) is 0. The van der Waals surface area contributed by atoms with Crippen LogP contribution >= 0.6 is 0 Å². The highest BCUT2D eigenvalue weighted by Crippen LogP contribution is 2.36. The van der Waals surface area contributed by atoms with Crippen molar-refractivity contribution in [3.63, 3.8) is 0 Å². The topological polar surface area (TPSA) is 108 Å². The molecule has 1 unspecified atom stereocenters. The van der Waals surface area contributed by atoms with Crippen LogP contribution in [0.4, 0.5) is 14.6 Å². The van der Waals surface area contributed by atoms with Gasteiger partial charge in [-0.05, 0) is 24.6 Å². The molecule has 1 N–H and O–H groups in total. The number of nitrogens with zero attached hydrogens (tertiary/aromatic N) is 6. The van der Waals surface area contributed by atoms with Gasteiger partial charge in [0.05, 0.1) is 31.3 Å². The summed E-state index contributed by atoms with van der Waals surface area (Å²) in [5.74, 6) is -0.987. The Kier molecular flexibility index (Phi) is 5.84. The summed E-state index contributed by atoms with van der Waals surface area (Å²) in [5.41, 5.74) is 1.16. The number of hydrogen-bond acceptors (Lipinski definition) is 7. The molecule has 0 fully saturated rings. The summed E-state index contributed by atoms with van der Waals surface area (Å²) in [6.45, 7) is 2.19. The highest BCUT2D eigenvalue weighted by molar-refractivity contribution is 6.04. The summed E-state index contributed by atoms with van der Waals surface area (Å²) in [5, 5.41) is 16.1. The van der Waals surface area contributed by atoms with Crippen molar-refractivity contribution in [1.82, 2.24) is 29.9 Å². The van der Waals surface area contributed by atoms with Gasteiger partial charge < -0.3 is 10.1 Å². The number of carbonyl (C=O) groups excluding carboxylic acids is 1. The van der Waals surface area contributed by atoms with Crippen molar-refractivity contribution >= 4 is 22.8 Å². The van der Waals surface area contributed by atoms with E-state index in [-0.39, 0.29) is 36.4 Å². The van der Waals surface area contributed by atoms with Crippen molar-refractivity contribution in [2.24, 2.45) is 0 Å². The average molecular weight is 514 g/mol. The quantitative estimate of drug-likeness (QED) is 0.350. The predicted octanol–water partition coefficient (Wildman–Crippen LogP) is 4.04. The molecule has 6 rings (SSSR count). The van der Waals surface area contributed by atoms with E-state index in [4.69, 9.17) is 4.74 Å². The Labute approximate surface area is 215 Å². The third kappa shape index (κ3) is 4.16. The molecule has 5 aromatic rings. The molecule has 0 saturated carbocycles. The van der Waals surface area contributed by atoms with Gasteiger partial charge in [0.25, 0.3) is 0 Å². The van der Waals surface area contributed by atoms with Crippen molar-refractivity contribution in [2.75, 3.05) is 11.9 Å². The molecule has 0 bridgehead atoms. The summed E-state index contributed by atoms with van der Waals surface area (Å²) >= 11 is 0. The lowest BCUT2D eigenvalue weighted by Crippen LogP contribution is -2.36. The second-order valence-corrected chi connectivity index (χ2v) is 9.22. The molecule has 0 saturated heterocycles. The average Bonchev–Trinajstić information content (AvgIpc) is 3.39. The van der Waals surface area contributed by atoms with E-state index >= 15 is 0 Å². The molecule has 3 aromatic heterocycles. The fourth-order valence-electron chi connectivity index (χ4n) is 4.42. The molecule has 1 amide bonds. The van der Waals surface area contributed by atoms with Gasteiger partial charge in [-0.15, -0.1) is 10.2 Å². The van der Waals surface area contributed by atoms with E-state index in [1.807, 2.05) is 30.3 Å². The molecule has 9 nitrogen and oxygen atoms in total. The van der Waals surface area contributed by atoms with Gasteiger partial charge in [0, 0.05) is 5.56 Å². The van der Waals surface area contributed by atoms with E-state index in [2.05, 4.69) is 30.6 Å².